The van der Waals surface area contributed by atoms with Gasteiger partial charge in [0.05, 0.1) is 16.6 Å². The number of benzene rings is 1. The Bertz CT molecular complexity index is 881. The van der Waals surface area contributed by atoms with E-state index >= 15 is 0 Å². The summed E-state index contributed by atoms with van der Waals surface area (Å²) in [5.74, 6) is -1.75. The maximum absolute atomic E-state index is 12.9. The fraction of sp³-hybridized carbons (Fsp3) is 0.556. The summed E-state index contributed by atoms with van der Waals surface area (Å²) in [6, 6.07) is 2.40. The molecule has 8 nitrogen and oxygen atoms in total. The molecule has 1 aromatic rings. The van der Waals surface area contributed by atoms with Gasteiger partial charge < -0.3 is 14.2 Å². The van der Waals surface area contributed by atoms with Crippen LogP contribution < -0.4 is 0 Å². The Kier molecular flexibility index (Phi) is 8.47. The number of hydrogen-bond donors (Lipinski definition) is 0. The molecule has 0 amide bonds. The third-order valence-electron chi connectivity index (χ3n) is 4.42. The van der Waals surface area contributed by atoms with Crippen LogP contribution in [0.15, 0.2) is 28.2 Å². The molecule has 1 heterocycles. The van der Waals surface area contributed by atoms with Gasteiger partial charge in [0.25, 0.3) is 0 Å². The van der Waals surface area contributed by atoms with Crippen molar-refractivity contribution in [2.24, 2.45) is 11.0 Å². The topological polar surface area (TPSA) is 111 Å². The van der Waals surface area contributed by atoms with Gasteiger partial charge in [-0.2, -0.15) is 13.2 Å². The first-order chi connectivity index (χ1) is 14.4. The molecular weight excluding hydrogens is 463 g/mol. The van der Waals surface area contributed by atoms with Crippen LogP contribution in [0.3, 0.4) is 0 Å². The van der Waals surface area contributed by atoms with Crippen molar-refractivity contribution in [2.75, 3.05) is 6.61 Å². The van der Waals surface area contributed by atoms with Gasteiger partial charge >= 0.3 is 18.1 Å². The van der Waals surface area contributed by atoms with Gasteiger partial charge in [0.2, 0.25) is 0 Å². The number of alkyl halides is 3. The largest absolute Gasteiger partial charge is 0.463 e. The average Bonchev–Trinajstić information content (AvgIpc) is 2.64. The van der Waals surface area contributed by atoms with E-state index in [1.54, 1.807) is 6.92 Å². The first-order valence-electron chi connectivity index (χ1n) is 8.97. The summed E-state index contributed by atoms with van der Waals surface area (Å²) in [6.07, 6.45) is -6.56. The van der Waals surface area contributed by atoms with Crippen molar-refractivity contribution in [1.82, 2.24) is 0 Å². The summed E-state index contributed by atoms with van der Waals surface area (Å²) in [4.78, 5) is 26.0. The number of halogens is 4. The summed E-state index contributed by atoms with van der Waals surface area (Å²) in [6.45, 7) is 3.77. The average molecular weight is 482 g/mol. The van der Waals surface area contributed by atoms with Crippen molar-refractivity contribution >= 4 is 35.3 Å². The molecule has 0 spiro atoms. The van der Waals surface area contributed by atoms with Crippen molar-refractivity contribution in [3.05, 3.63) is 39.2 Å². The van der Waals surface area contributed by atoms with Gasteiger partial charge in [-0.1, -0.05) is 35.4 Å². The molecule has 0 bridgehead atoms. The Balaban J connectivity index is 2.32. The molecule has 1 aromatic carbocycles. The lowest BCUT2D eigenvalue weighted by atomic mass is 9.91. The van der Waals surface area contributed by atoms with Gasteiger partial charge in [-0.05, 0) is 23.7 Å². The maximum Gasteiger partial charge on any atom is 0.417 e. The molecule has 0 saturated carbocycles. The molecule has 13 heteroatoms. The van der Waals surface area contributed by atoms with Gasteiger partial charge in [0, 0.05) is 29.6 Å². The molecule has 0 N–H and O–H groups in total. The fourth-order valence-corrected chi connectivity index (χ4v) is 4.55. The highest BCUT2D eigenvalue weighted by atomic mass is 35.5. The summed E-state index contributed by atoms with van der Waals surface area (Å²) in [5.41, 5.74) is 7.28. The van der Waals surface area contributed by atoms with E-state index in [-0.39, 0.29) is 6.61 Å². The normalized spacial score (nSPS) is 26.0. The number of carbonyl (C=O) groups excluding carboxylic acids is 2. The van der Waals surface area contributed by atoms with Crippen LogP contribution in [-0.4, -0.2) is 42.2 Å². The van der Waals surface area contributed by atoms with E-state index in [4.69, 9.17) is 31.3 Å². The van der Waals surface area contributed by atoms with Gasteiger partial charge in [-0.25, -0.2) is 0 Å². The number of hydrogen-bond acceptors (Lipinski definition) is 7. The van der Waals surface area contributed by atoms with E-state index in [1.165, 1.54) is 19.9 Å². The zero-order valence-corrected chi connectivity index (χ0v) is 18.2. The lowest BCUT2D eigenvalue weighted by Gasteiger charge is -2.43. The zero-order chi connectivity index (χ0) is 23.3. The number of esters is 2. The van der Waals surface area contributed by atoms with Crippen LogP contribution in [-0.2, 0) is 30.0 Å². The number of rotatable bonds is 6. The molecular formula is C18H19ClF3N3O5S. The van der Waals surface area contributed by atoms with Crippen molar-refractivity contribution in [2.45, 2.75) is 55.5 Å². The van der Waals surface area contributed by atoms with E-state index in [2.05, 4.69) is 10.0 Å². The van der Waals surface area contributed by atoms with Crippen LogP contribution in [0.5, 0.6) is 0 Å². The standard InChI is InChI=1S/C18H19ClF3N3O5S/c1-8-15(24-25-23)16(29-10(3)27)14(7-28-9(2)26)30-17(8)31-11-4-5-12(13(19)6-11)18(20,21)22/h4-6,8,14-17H,7H2,1-3H3/t8-,14?,15?,16-,17+/m0/s1. The molecule has 1 saturated heterocycles. The molecule has 0 aromatic heterocycles. The Labute approximate surface area is 185 Å². The highest BCUT2D eigenvalue weighted by Crippen LogP contribution is 2.42. The highest BCUT2D eigenvalue weighted by Gasteiger charge is 2.46. The summed E-state index contributed by atoms with van der Waals surface area (Å²) >= 11 is 6.84. The van der Waals surface area contributed by atoms with E-state index in [0.29, 0.717) is 4.90 Å². The van der Waals surface area contributed by atoms with Crippen LogP contribution in [0, 0.1) is 5.92 Å². The van der Waals surface area contributed by atoms with Crippen molar-refractivity contribution in [3.63, 3.8) is 0 Å². The Morgan fingerprint density at radius 3 is 2.52 bits per heavy atom. The predicted molar refractivity (Wildman–Crippen MR) is 105 cm³/mol. The van der Waals surface area contributed by atoms with Crippen LogP contribution in [0.2, 0.25) is 5.02 Å². The molecule has 170 valence electrons. The van der Waals surface area contributed by atoms with E-state index < -0.39 is 58.3 Å². The van der Waals surface area contributed by atoms with Crippen molar-refractivity contribution in [1.29, 1.82) is 0 Å². The zero-order valence-electron chi connectivity index (χ0n) is 16.6. The van der Waals surface area contributed by atoms with Crippen LogP contribution >= 0.6 is 23.4 Å². The third-order valence-corrected chi connectivity index (χ3v) is 6.03. The van der Waals surface area contributed by atoms with Gasteiger partial charge in [0.15, 0.2) is 0 Å². The summed E-state index contributed by atoms with van der Waals surface area (Å²) in [5, 5.41) is 3.26. The molecule has 1 aliphatic heterocycles. The van der Waals surface area contributed by atoms with Gasteiger partial charge in [-0.3, -0.25) is 9.59 Å². The van der Waals surface area contributed by atoms with Crippen LogP contribution in [0.25, 0.3) is 10.4 Å². The first kappa shape index (κ1) is 25.1. The number of thioether (sulfide) groups is 1. The molecule has 0 aliphatic carbocycles. The molecule has 2 unspecified atom stereocenters. The minimum absolute atomic E-state index is 0.276. The second-order valence-corrected chi connectivity index (χ2v) is 8.31. The number of nitrogens with zero attached hydrogens (tertiary/aromatic N) is 3. The fourth-order valence-electron chi connectivity index (χ4n) is 3.02. The highest BCUT2D eigenvalue weighted by molar-refractivity contribution is 7.99. The SMILES string of the molecule is CC(=O)OCC1O[C@H](Sc2ccc(C(F)(F)F)c(Cl)c2)[C@@H](C)C(N=[N+]=[N-])[C@H]1OC(C)=O. The van der Waals surface area contributed by atoms with Gasteiger partial charge in [-0.15, -0.1) is 0 Å². The van der Waals surface area contributed by atoms with Crippen LogP contribution in [0.4, 0.5) is 13.2 Å². The lowest BCUT2D eigenvalue weighted by molar-refractivity contribution is -0.182. The Hall–Kier alpha value is -2.14. The predicted octanol–water partition coefficient (Wildman–Crippen LogP) is 4.99. The van der Waals surface area contributed by atoms with E-state index in [9.17, 15) is 22.8 Å². The minimum atomic E-state index is -4.59. The number of carbonyl (C=O) groups is 2. The van der Waals surface area contributed by atoms with E-state index in [1.807, 2.05) is 0 Å². The number of ether oxygens (including phenoxy) is 3. The monoisotopic (exact) mass is 481 g/mol. The number of azide groups is 1. The molecule has 1 fully saturated rings. The third kappa shape index (κ3) is 6.67. The summed E-state index contributed by atoms with van der Waals surface area (Å²) in [7, 11) is 0. The second-order valence-electron chi connectivity index (χ2n) is 6.73. The van der Waals surface area contributed by atoms with Crippen molar-refractivity contribution in [3.8, 4) is 0 Å². The van der Waals surface area contributed by atoms with Gasteiger partial charge in [0.1, 0.15) is 24.3 Å². The molecule has 2 rings (SSSR count). The van der Waals surface area contributed by atoms with E-state index in [0.717, 1.165) is 23.9 Å². The Morgan fingerprint density at radius 1 is 1.32 bits per heavy atom. The Morgan fingerprint density at radius 2 is 2.00 bits per heavy atom. The summed E-state index contributed by atoms with van der Waals surface area (Å²) < 4.78 is 55.0. The quantitative estimate of drug-likeness (QED) is 0.245. The first-order valence-corrected chi connectivity index (χ1v) is 10.2. The van der Waals surface area contributed by atoms with Crippen LogP contribution in [0.1, 0.15) is 26.3 Å². The molecule has 31 heavy (non-hydrogen) atoms. The molecule has 5 atom stereocenters. The second kappa shape index (κ2) is 10.4. The minimum Gasteiger partial charge on any atom is -0.463 e. The lowest BCUT2D eigenvalue weighted by Crippen LogP contribution is -2.55. The van der Waals surface area contributed by atoms with Crippen molar-refractivity contribution < 1.29 is 37.0 Å². The maximum atomic E-state index is 12.9. The molecule has 1 aliphatic rings. The molecule has 0 radical (unpaired) electrons. The smallest absolute Gasteiger partial charge is 0.417 e.